The van der Waals surface area contributed by atoms with Crippen LogP contribution < -0.4 is 10.6 Å². The van der Waals surface area contributed by atoms with Crippen molar-refractivity contribution in [3.63, 3.8) is 0 Å². The van der Waals surface area contributed by atoms with E-state index in [9.17, 15) is 4.39 Å². The molecule has 0 fully saturated rings. The van der Waals surface area contributed by atoms with Gasteiger partial charge in [-0.05, 0) is 37.1 Å². The van der Waals surface area contributed by atoms with Gasteiger partial charge in [-0.3, -0.25) is 0 Å². The molecule has 1 aromatic heterocycles. The molecule has 2 aromatic carbocycles. The van der Waals surface area contributed by atoms with E-state index < -0.39 is 0 Å². The molecule has 6 heteroatoms. The quantitative estimate of drug-likeness (QED) is 0.654. The van der Waals surface area contributed by atoms with Gasteiger partial charge in [0.15, 0.2) is 0 Å². The van der Waals surface area contributed by atoms with Crippen molar-refractivity contribution < 1.29 is 4.39 Å². The summed E-state index contributed by atoms with van der Waals surface area (Å²) in [5.41, 5.74) is 2.26. The summed E-state index contributed by atoms with van der Waals surface area (Å²) in [4.78, 5) is 8.80. The zero-order valence-electron chi connectivity index (χ0n) is 13.8. The molecule has 3 aromatic rings. The van der Waals surface area contributed by atoms with Crippen LogP contribution in [0, 0.1) is 12.7 Å². The van der Waals surface area contributed by atoms with Gasteiger partial charge in [0.05, 0.1) is 10.7 Å². The van der Waals surface area contributed by atoms with Crippen LogP contribution in [0.3, 0.4) is 0 Å². The average molecular weight is 357 g/mol. The zero-order valence-corrected chi connectivity index (χ0v) is 14.5. The highest BCUT2D eigenvalue weighted by Gasteiger charge is 2.06. The Morgan fingerprint density at radius 3 is 2.60 bits per heavy atom. The van der Waals surface area contributed by atoms with E-state index >= 15 is 0 Å². The molecule has 0 aliphatic heterocycles. The number of benzene rings is 2. The predicted molar refractivity (Wildman–Crippen MR) is 100 cm³/mol. The van der Waals surface area contributed by atoms with Gasteiger partial charge in [-0.25, -0.2) is 9.37 Å². The highest BCUT2D eigenvalue weighted by Crippen LogP contribution is 2.24. The van der Waals surface area contributed by atoms with E-state index in [4.69, 9.17) is 11.6 Å². The summed E-state index contributed by atoms with van der Waals surface area (Å²) in [5.74, 6) is 0.940. The van der Waals surface area contributed by atoms with Gasteiger partial charge in [0, 0.05) is 18.3 Å². The van der Waals surface area contributed by atoms with E-state index in [-0.39, 0.29) is 5.82 Å². The molecule has 0 spiro atoms. The third kappa shape index (κ3) is 4.67. The Bertz CT molecular complexity index is 870. The van der Waals surface area contributed by atoms with E-state index in [1.165, 1.54) is 6.07 Å². The smallest absolute Gasteiger partial charge is 0.224 e. The van der Waals surface area contributed by atoms with Gasteiger partial charge in [0.2, 0.25) is 5.95 Å². The molecule has 2 N–H and O–H groups in total. The molecule has 0 saturated heterocycles. The molecule has 0 radical (unpaired) electrons. The van der Waals surface area contributed by atoms with Gasteiger partial charge in [-0.2, -0.15) is 4.98 Å². The molecule has 128 valence electrons. The van der Waals surface area contributed by atoms with Crippen LogP contribution in [0.15, 0.2) is 54.6 Å². The third-order valence-electron chi connectivity index (χ3n) is 3.63. The van der Waals surface area contributed by atoms with Crippen LogP contribution in [-0.2, 0) is 6.42 Å². The molecule has 0 bridgehead atoms. The lowest BCUT2D eigenvalue weighted by molar-refractivity contribution is 0.610. The number of para-hydroxylation sites is 1. The molecule has 4 nitrogen and oxygen atoms in total. The van der Waals surface area contributed by atoms with Crippen LogP contribution in [0.5, 0.6) is 0 Å². The Labute approximate surface area is 151 Å². The summed E-state index contributed by atoms with van der Waals surface area (Å²) in [6, 6.07) is 16.0. The number of hydrogen-bond donors (Lipinski definition) is 2. The van der Waals surface area contributed by atoms with E-state index in [2.05, 4.69) is 20.6 Å². The lowest BCUT2D eigenvalue weighted by atomic mass is 10.1. The number of aryl methyl sites for hydroxylation is 1. The summed E-state index contributed by atoms with van der Waals surface area (Å²) < 4.78 is 13.6. The lowest BCUT2D eigenvalue weighted by Crippen LogP contribution is -2.10. The predicted octanol–water partition coefficient (Wildman–Crippen LogP) is 4.98. The number of nitrogens with one attached hydrogen (secondary N) is 2. The average Bonchev–Trinajstić information content (AvgIpc) is 2.58. The lowest BCUT2D eigenvalue weighted by Gasteiger charge is -2.11. The summed E-state index contributed by atoms with van der Waals surface area (Å²) in [7, 11) is 0. The SMILES string of the molecule is Cc1cc(Nc2ccccc2Cl)nc(NCCc2ccccc2F)n1. The largest absolute Gasteiger partial charge is 0.354 e. The molecular weight excluding hydrogens is 339 g/mol. The first-order valence-electron chi connectivity index (χ1n) is 7.96. The Morgan fingerprint density at radius 1 is 1.04 bits per heavy atom. The highest BCUT2D eigenvalue weighted by atomic mass is 35.5. The maximum absolute atomic E-state index is 13.6. The number of anilines is 3. The minimum atomic E-state index is -0.199. The summed E-state index contributed by atoms with van der Waals surface area (Å²) in [5, 5.41) is 6.95. The number of hydrogen-bond acceptors (Lipinski definition) is 4. The Morgan fingerprint density at radius 2 is 1.80 bits per heavy atom. The van der Waals surface area contributed by atoms with Crippen molar-refractivity contribution in [1.29, 1.82) is 0 Å². The van der Waals surface area contributed by atoms with Crippen LogP contribution in [0.25, 0.3) is 0 Å². The molecule has 1 heterocycles. The monoisotopic (exact) mass is 356 g/mol. The first-order valence-corrected chi connectivity index (χ1v) is 8.34. The molecule has 0 unspecified atom stereocenters. The van der Waals surface area contributed by atoms with Crippen molar-refractivity contribution in [3.8, 4) is 0 Å². The molecule has 0 aliphatic rings. The standard InChI is InChI=1S/C19H18ClFN4/c1-13-12-18(24-17-9-5-3-7-15(17)20)25-19(23-13)22-11-10-14-6-2-4-8-16(14)21/h2-9,12H,10-11H2,1H3,(H2,22,23,24,25). The number of aromatic nitrogens is 2. The molecule has 0 saturated carbocycles. The second-order valence-electron chi connectivity index (χ2n) is 5.59. The van der Waals surface area contributed by atoms with Crippen LogP contribution in [0.1, 0.15) is 11.3 Å². The fourth-order valence-corrected chi connectivity index (χ4v) is 2.61. The molecule has 3 rings (SSSR count). The summed E-state index contributed by atoms with van der Waals surface area (Å²) in [6.45, 7) is 2.43. The van der Waals surface area contributed by atoms with Gasteiger partial charge < -0.3 is 10.6 Å². The number of nitrogens with zero attached hydrogens (tertiary/aromatic N) is 2. The number of halogens is 2. The topological polar surface area (TPSA) is 49.8 Å². The Hall–Kier alpha value is -2.66. The highest BCUT2D eigenvalue weighted by molar-refractivity contribution is 6.33. The maximum atomic E-state index is 13.6. The van der Waals surface area contributed by atoms with Crippen LogP contribution in [0.2, 0.25) is 5.02 Å². The van der Waals surface area contributed by atoms with Crippen molar-refractivity contribution in [2.24, 2.45) is 0 Å². The normalized spacial score (nSPS) is 10.5. The van der Waals surface area contributed by atoms with E-state index in [0.29, 0.717) is 35.3 Å². The molecule has 0 amide bonds. The molecular formula is C19H18ClFN4. The van der Waals surface area contributed by atoms with Gasteiger partial charge >= 0.3 is 0 Å². The second-order valence-corrected chi connectivity index (χ2v) is 6.00. The third-order valence-corrected chi connectivity index (χ3v) is 3.96. The zero-order chi connectivity index (χ0) is 17.6. The van der Waals surface area contributed by atoms with Crippen molar-refractivity contribution in [3.05, 3.63) is 76.7 Å². The van der Waals surface area contributed by atoms with E-state index in [1.807, 2.05) is 43.3 Å². The first kappa shape index (κ1) is 17.2. The van der Waals surface area contributed by atoms with Crippen LogP contribution in [-0.4, -0.2) is 16.5 Å². The maximum Gasteiger partial charge on any atom is 0.224 e. The Balaban J connectivity index is 1.67. The fraction of sp³-hybridized carbons (Fsp3) is 0.158. The fourth-order valence-electron chi connectivity index (χ4n) is 2.42. The minimum absolute atomic E-state index is 0.199. The molecule has 0 aliphatic carbocycles. The van der Waals surface area contributed by atoms with Gasteiger partial charge in [0.1, 0.15) is 11.6 Å². The Kier molecular flexibility index (Phi) is 5.46. The van der Waals surface area contributed by atoms with Crippen molar-refractivity contribution in [2.45, 2.75) is 13.3 Å². The number of rotatable bonds is 6. The van der Waals surface area contributed by atoms with Crippen molar-refractivity contribution in [2.75, 3.05) is 17.2 Å². The van der Waals surface area contributed by atoms with Crippen LogP contribution >= 0.6 is 11.6 Å². The first-order chi connectivity index (χ1) is 12.1. The van der Waals surface area contributed by atoms with Gasteiger partial charge in [-0.15, -0.1) is 0 Å². The molecule has 25 heavy (non-hydrogen) atoms. The van der Waals surface area contributed by atoms with Gasteiger partial charge in [0.25, 0.3) is 0 Å². The summed E-state index contributed by atoms with van der Waals surface area (Å²) >= 11 is 6.16. The minimum Gasteiger partial charge on any atom is -0.354 e. The summed E-state index contributed by atoms with van der Waals surface area (Å²) in [6.07, 6.45) is 0.553. The van der Waals surface area contributed by atoms with Crippen LogP contribution in [0.4, 0.5) is 21.8 Å². The van der Waals surface area contributed by atoms with Gasteiger partial charge in [-0.1, -0.05) is 41.9 Å². The van der Waals surface area contributed by atoms with E-state index in [0.717, 1.165) is 11.4 Å². The van der Waals surface area contributed by atoms with E-state index in [1.54, 1.807) is 12.1 Å². The van der Waals surface area contributed by atoms with Crippen molar-refractivity contribution in [1.82, 2.24) is 9.97 Å². The second kappa shape index (κ2) is 7.94. The van der Waals surface area contributed by atoms with Crippen molar-refractivity contribution >= 4 is 29.1 Å². The molecule has 0 atom stereocenters.